The van der Waals surface area contributed by atoms with Gasteiger partial charge in [-0.15, -0.1) is 0 Å². The second kappa shape index (κ2) is 3.83. The molecule has 2 aromatic rings. The molecule has 3 rings (SSSR count). The molecule has 0 spiro atoms. The van der Waals surface area contributed by atoms with Gasteiger partial charge in [0.25, 0.3) is 0 Å². The lowest BCUT2D eigenvalue weighted by Crippen LogP contribution is -2.04. The largest absolute Gasteiger partial charge is 0.478 e. The molecule has 2 aromatic heterocycles. The van der Waals surface area contributed by atoms with Crippen LogP contribution >= 0.6 is 0 Å². The maximum absolute atomic E-state index is 11.4. The number of carbonyl (C=O) groups is 1. The van der Waals surface area contributed by atoms with Gasteiger partial charge in [0.2, 0.25) is 0 Å². The van der Waals surface area contributed by atoms with E-state index in [1.54, 1.807) is 12.3 Å². The van der Waals surface area contributed by atoms with Gasteiger partial charge in [-0.1, -0.05) is 6.92 Å². The summed E-state index contributed by atoms with van der Waals surface area (Å²) in [6.07, 6.45) is 4.19. The van der Waals surface area contributed by atoms with Crippen LogP contribution in [0.1, 0.15) is 47.3 Å². The van der Waals surface area contributed by atoms with E-state index in [4.69, 9.17) is 0 Å². The first-order valence-electron chi connectivity index (χ1n) is 6.30. The standard InChI is InChI=1S/C14H16N2O2/c1-8(10-5-6-10)13-9(2)12(14(17)18)11-4-3-7-15-16(11)13/h3-4,7-8,10H,5-6H2,1-2H3,(H,17,18). The summed E-state index contributed by atoms with van der Waals surface area (Å²) >= 11 is 0. The summed E-state index contributed by atoms with van der Waals surface area (Å²) in [7, 11) is 0. The number of nitrogens with zero attached hydrogens (tertiary/aromatic N) is 2. The molecule has 1 unspecified atom stereocenters. The second-order valence-electron chi connectivity index (χ2n) is 5.14. The number of carboxylic acid groups (broad SMARTS) is 1. The van der Waals surface area contributed by atoms with E-state index in [0.717, 1.165) is 11.3 Å². The van der Waals surface area contributed by atoms with Gasteiger partial charge >= 0.3 is 5.97 Å². The molecular weight excluding hydrogens is 228 g/mol. The lowest BCUT2D eigenvalue weighted by atomic mass is 9.98. The van der Waals surface area contributed by atoms with E-state index in [0.29, 0.717) is 22.9 Å². The Kier molecular flexibility index (Phi) is 2.40. The van der Waals surface area contributed by atoms with Crippen molar-refractivity contribution in [2.75, 3.05) is 0 Å². The zero-order valence-corrected chi connectivity index (χ0v) is 10.6. The lowest BCUT2D eigenvalue weighted by Gasteiger charge is -2.11. The zero-order valence-electron chi connectivity index (χ0n) is 10.6. The van der Waals surface area contributed by atoms with Crippen LogP contribution in [0.4, 0.5) is 0 Å². The molecule has 0 bridgehead atoms. The van der Waals surface area contributed by atoms with Crippen LogP contribution in [0.3, 0.4) is 0 Å². The summed E-state index contributed by atoms with van der Waals surface area (Å²) in [5.74, 6) is 0.193. The number of carboxylic acids is 1. The van der Waals surface area contributed by atoms with E-state index in [-0.39, 0.29) is 0 Å². The first kappa shape index (κ1) is 11.3. The molecule has 1 atom stereocenters. The van der Waals surface area contributed by atoms with Gasteiger partial charge < -0.3 is 5.11 Å². The third kappa shape index (κ3) is 1.52. The number of fused-ring (bicyclic) bond motifs is 1. The van der Waals surface area contributed by atoms with Crippen LogP contribution < -0.4 is 0 Å². The van der Waals surface area contributed by atoms with Crippen molar-refractivity contribution in [3.8, 4) is 0 Å². The molecule has 0 radical (unpaired) electrons. The highest BCUT2D eigenvalue weighted by Gasteiger charge is 2.33. The molecule has 1 fully saturated rings. The van der Waals surface area contributed by atoms with E-state index in [2.05, 4.69) is 12.0 Å². The van der Waals surface area contributed by atoms with Crippen molar-refractivity contribution in [3.63, 3.8) is 0 Å². The molecule has 2 heterocycles. The van der Waals surface area contributed by atoms with Gasteiger partial charge in [0, 0.05) is 17.8 Å². The minimum atomic E-state index is -0.868. The van der Waals surface area contributed by atoms with Crippen molar-refractivity contribution in [2.45, 2.75) is 32.6 Å². The first-order valence-corrected chi connectivity index (χ1v) is 6.30. The maximum Gasteiger partial charge on any atom is 0.338 e. The van der Waals surface area contributed by atoms with E-state index in [9.17, 15) is 9.90 Å². The number of hydrogen-bond acceptors (Lipinski definition) is 2. The molecular formula is C14H16N2O2. The van der Waals surface area contributed by atoms with Gasteiger partial charge in [-0.3, -0.25) is 0 Å². The lowest BCUT2D eigenvalue weighted by molar-refractivity contribution is 0.0698. The number of aromatic nitrogens is 2. The molecule has 4 nitrogen and oxygen atoms in total. The summed E-state index contributed by atoms with van der Waals surface area (Å²) in [6, 6.07) is 3.61. The van der Waals surface area contributed by atoms with Crippen molar-refractivity contribution in [1.29, 1.82) is 0 Å². The zero-order chi connectivity index (χ0) is 12.9. The Labute approximate surface area is 105 Å². The smallest absolute Gasteiger partial charge is 0.338 e. The third-order valence-corrected chi connectivity index (χ3v) is 3.97. The van der Waals surface area contributed by atoms with Crippen LogP contribution in [0.5, 0.6) is 0 Å². The fourth-order valence-corrected chi connectivity index (χ4v) is 2.86. The van der Waals surface area contributed by atoms with Gasteiger partial charge in [-0.05, 0) is 43.4 Å². The Morgan fingerprint density at radius 3 is 2.89 bits per heavy atom. The summed E-state index contributed by atoms with van der Waals surface area (Å²) in [6.45, 7) is 4.07. The topological polar surface area (TPSA) is 54.6 Å². The van der Waals surface area contributed by atoms with Gasteiger partial charge in [0.05, 0.1) is 11.1 Å². The second-order valence-corrected chi connectivity index (χ2v) is 5.14. The van der Waals surface area contributed by atoms with Crippen molar-refractivity contribution in [2.24, 2.45) is 5.92 Å². The Hall–Kier alpha value is -1.84. The monoisotopic (exact) mass is 244 g/mol. The third-order valence-electron chi connectivity index (χ3n) is 3.97. The molecule has 1 saturated carbocycles. The molecule has 4 heteroatoms. The predicted molar refractivity (Wildman–Crippen MR) is 68.0 cm³/mol. The number of aromatic carboxylic acids is 1. The van der Waals surface area contributed by atoms with Gasteiger partial charge in [0.1, 0.15) is 0 Å². The Morgan fingerprint density at radius 2 is 2.28 bits per heavy atom. The minimum Gasteiger partial charge on any atom is -0.478 e. The van der Waals surface area contributed by atoms with Crippen LogP contribution in [-0.4, -0.2) is 20.7 Å². The summed E-state index contributed by atoms with van der Waals surface area (Å²) in [5.41, 5.74) is 3.02. The van der Waals surface area contributed by atoms with Gasteiger partial charge in [-0.25, -0.2) is 9.31 Å². The molecule has 1 aliphatic carbocycles. The summed E-state index contributed by atoms with van der Waals surface area (Å²) in [5, 5.41) is 13.7. The normalized spacial score (nSPS) is 17.0. The highest BCUT2D eigenvalue weighted by Crippen LogP contribution is 2.44. The van der Waals surface area contributed by atoms with Crippen molar-refractivity contribution in [1.82, 2.24) is 9.61 Å². The Morgan fingerprint density at radius 1 is 1.56 bits per heavy atom. The average Bonchev–Trinajstić information content (AvgIpc) is 3.11. The molecule has 0 aliphatic heterocycles. The SMILES string of the molecule is Cc1c(C(=O)O)c2cccnn2c1C(C)C1CC1. The fraction of sp³-hybridized carbons (Fsp3) is 0.429. The quantitative estimate of drug-likeness (QED) is 0.903. The highest BCUT2D eigenvalue weighted by atomic mass is 16.4. The van der Waals surface area contributed by atoms with Crippen LogP contribution in [0.15, 0.2) is 18.3 Å². The summed E-state index contributed by atoms with van der Waals surface area (Å²) < 4.78 is 1.81. The minimum absolute atomic E-state index is 0.375. The van der Waals surface area contributed by atoms with E-state index >= 15 is 0 Å². The Balaban J connectivity index is 2.29. The fourth-order valence-electron chi connectivity index (χ4n) is 2.86. The first-order chi connectivity index (χ1) is 8.61. The highest BCUT2D eigenvalue weighted by molar-refractivity contribution is 5.98. The average molecular weight is 244 g/mol. The van der Waals surface area contributed by atoms with E-state index in [1.807, 2.05) is 17.5 Å². The molecule has 0 saturated heterocycles. The van der Waals surface area contributed by atoms with Gasteiger partial charge in [0.15, 0.2) is 0 Å². The number of hydrogen-bond donors (Lipinski definition) is 1. The molecule has 18 heavy (non-hydrogen) atoms. The summed E-state index contributed by atoms with van der Waals surface area (Å²) in [4.78, 5) is 11.4. The van der Waals surface area contributed by atoms with Crippen molar-refractivity contribution < 1.29 is 9.90 Å². The van der Waals surface area contributed by atoms with Crippen LogP contribution in [0.2, 0.25) is 0 Å². The van der Waals surface area contributed by atoms with Crippen LogP contribution in [-0.2, 0) is 0 Å². The molecule has 94 valence electrons. The number of rotatable bonds is 3. The maximum atomic E-state index is 11.4. The molecule has 0 amide bonds. The van der Waals surface area contributed by atoms with E-state index < -0.39 is 5.97 Å². The van der Waals surface area contributed by atoms with Crippen molar-refractivity contribution in [3.05, 3.63) is 35.2 Å². The van der Waals surface area contributed by atoms with Crippen molar-refractivity contribution >= 4 is 11.5 Å². The van der Waals surface area contributed by atoms with Crippen LogP contribution in [0.25, 0.3) is 5.52 Å². The Bertz CT molecular complexity index is 626. The molecule has 1 aliphatic rings. The van der Waals surface area contributed by atoms with E-state index in [1.165, 1.54) is 12.8 Å². The van der Waals surface area contributed by atoms with Gasteiger partial charge in [-0.2, -0.15) is 5.10 Å². The molecule has 0 aromatic carbocycles. The van der Waals surface area contributed by atoms with Crippen LogP contribution in [0, 0.1) is 12.8 Å². The molecule has 1 N–H and O–H groups in total. The predicted octanol–water partition coefficient (Wildman–Crippen LogP) is 2.85.